The summed E-state index contributed by atoms with van der Waals surface area (Å²) in [4.78, 5) is 11.2. The molecular weight excluding hydrogens is 220 g/mol. The number of ether oxygens (including phenoxy) is 1. The van der Waals surface area contributed by atoms with Crippen LogP contribution in [0.3, 0.4) is 0 Å². The molecule has 5 nitrogen and oxygen atoms in total. The molecule has 1 rings (SSSR count). The molecule has 100 valence electrons. The minimum absolute atomic E-state index is 0.301. The van der Waals surface area contributed by atoms with Crippen molar-refractivity contribution in [2.45, 2.75) is 50.7 Å². The Morgan fingerprint density at radius 1 is 1.41 bits per heavy atom. The van der Waals surface area contributed by atoms with E-state index in [0.29, 0.717) is 19.3 Å². The largest absolute Gasteiger partial charge is 0.394 e. The molecule has 1 fully saturated rings. The third-order valence-electron chi connectivity index (χ3n) is 3.06. The van der Waals surface area contributed by atoms with Crippen LogP contribution in [0.15, 0.2) is 0 Å². The molecule has 0 heterocycles. The van der Waals surface area contributed by atoms with Gasteiger partial charge >= 0.3 is 0 Å². The van der Waals surface area contributed by atoms with Crippen LogP contribution >= 0.6 is 0 Å². The second-order valence-electron chi connectivity index (χ2n) is 4.56. The summed E-state index contributed by atoms with van der Waals surface area (Å²) < 4.78 is 5.72. The third-order valence-corrected chi connectivity index (χ3v) is 3.06. The van der Waals surface area contributed by atoms with Crippen molar-refractivity contribution in [3.05, 3.63) is 0 Å². The Morgan fingerprint density at radius 2 is 2.12 bits per heavy atom. The summed E-state index contributed by atoms with van der Waals surface area (Å²) >= 11 is 0. The van der Waals surface area contributed by atoms with E-state index in [9.17, 15) is 4.79 Å². The van der Waals surface area contributed by atoms with Gasteiger partial charge in [-0.25, -0.2) is 0 Å². The number of hydrogen-bond acceptors (Lipinski definition) is 4. The molecule has 1 saturated carbocycles. The van der Waals surface area contributed by atoms with Crippen molar-refractivity contribution in [3.8, 4) is 0 Å². The number of nitrogens with two attached hydrogens (primary N) is 1. The zero-order valence-electron chi connectivity index (χ0n) is 10.4. The minimum Gasteiger partial charge on any atom is -0.394 e. The summed E-state index contributed by atoms with van der Waals surface area (Å²) in [5.41, 5.74) is 5.35. The lowest BCUT2D eigenvalue weighted by Gasteiger charge is -2.22. The number of nitrogens with one attached hydrogen (secondary N) is 1. The van der Waals surface area contributed by atoms with Gasteiger partial charge < -0.3 is 20.9 Å². The standard InChI is InChI=1S/C12H24N2O3/c13-11(9-15)12(16)14-7-4-8-17-10-5-2-1-3-6-10/h10-11,15H,1-9,13H2,(H,14,16)/t11-/m0/s1. The van der Waals surface area contributed by atoms with E-state index in [1.165, 1.54) is 32.1 Å². The molecule has 1 aliphatic carbocycles. The van der Waals surface area contributed by atoms with E-state index in [2.05, 4.69) is 5.32 Å². The molecule has 17 heavy (non-hydrogen) atoms. The van der Waals surface area contributed by atoms with Gasteiger partial charge in [-0.15, -0.1) is 0 Å². The molecule has 0 aromatic heterocycles. The van der Waals surface area contributed by atoms with E-state index in [1.54, 1.807) is 0 Å². The van der Waals surface area contributed by atoms with E-state index < -0.39 is 6.04 Å². The third kappa shape index (κ3) is 6.00. The Labute approximate surface area is 103 Å². The molecule has 5 heteroatoms. The normalized spacial score (nSPS) is 18.9. The number of aliphatic hydroxyl groups is 1. The first-order chi connectivity index (χ1) is 8.24. The highest BCUT2D eigenvalue weighted by Crippen LogP contribution is 2.20. The summed E-state index contributed by atoms with van der Waals surface area (Å²) in [6.07, 6.45) is 7.41. The fraction of sp³-hybridized carbons (Fsp3) is 0.917. The van der Waals surface area contributed by atoms with Gasteiger partial charge in [0.15, 0.2) is 0 Å². The number of rotatable bonds is 7. The van der Waals surface area contributed by atoms with E-state index in [4.69, 9.17) is 15.6 Å². The number of carbonyl (C=O) groups excluding carboxylic acids is 1. The van der Waals surface area contributed by atoms with Gasteiger partial charge in [0.05, 0.1) is 12.7 Å². The zero-order chi connectivity index (χ0) is 12.5. The maximum Gasteiger partial charge on any atom is 0.239 e. The summed E-state index contributed by atoms with van der Waals surface area (Å²) in [5, 5.41) is 11.3. The predicted octanol–water partition coefficient (Wildman–Crippen LogP) is 0.162. The zero-order valence-corrected chi connectivity index (χ0v) is 10.4. The van der Waals surface area contributed by atoms with Crippen molar-refractivity contribution < 1.29 is 14.6 Å². The molecule has 1 aliphatic rings. The molecule has 0 bridgehead atoms. The van der Waals surface area contributed by atoms with Crippen LogP contribution in [0.25, 0.3) is 0 Å². The maximum atomic E-state index is 11.2. The second-order valence-corrected chi connectivity index (χ2v) is 4.56. The maximum absolute atomic E-state index is 11.2. The average molecular weight is 244 g/mol. The van der Waals surface area contributed by atoms with Gasteiger partial charge in [-0.1, -0.05) is 19.3 Å². The molecule has 4 N–H and O–H groups in total. The van der Waals surface area contributed by atoms with Crippen molar-refractivity contribution in [1.82, 2.24) is 5.32 Å². The SMILES string of the molecule is N[C@@H](CO)C(=O)NCCCOC1CCCCC1. The highest BCUT2D eigenvalue weighted by molar-refractivity contribution is 5.81. The Kier molecular flexibility index (Phi) is 7.16. The van der Waals surface area contributed by atoms with Crippen LogP contribution in [-0.4, -0.2) is 42.9 Å². The highest BCUT2D eigenvalue weighted by Gasteiger charge is 2.13. The highest BCUT2D eigenvalue weighted by atomic mass is 16.5. The molecule has 0 spiro atoms. The van der Waals surface area contributed by atoms with Gasteiger partial charge in [0.2, 0.25) is 5.91 Å². The Balaban J connectivity index is 1.95. The lowest BCUT2D eigenvalue weighted by molar-refractivity contribution is -0.123. The molecule has 0 unspecified atom stereocenters. The summed E-state index contributed by atoms with van der Waals surface area (Å²) in [7, 11) is 0. The monoisotopic (exact) mass is 244 g/mol. The van der Waals surface area contributed by atoms with E-state index in [1.807, 2.05) is 0 Å². The number of aliphatic hydroxyl groups excluding tert-OH is 1. The molecule has 1 amide bonds. The van der Waals surface area contributed by atoms with Crippen LogP contribution in [0.5, 0.6) is 0 Å². The van der Waals surface area contributed by atoms with Crippen LogP contribution in [0, 0.1) is 0 Å². The van der Waals surface area contributed by atoms with Crippen LogP contribution in [0.2, 0.25) is 0 Å². The first-order valence-corrected chi connectivity index (χ1v) is 6.50. The molecule has 0 saturated heterocycles. The lowest BCUT2D eigenvalue weighted by atomic mass is 9.98. The van der Waals surface area contributed by atoms with Crippen LogP contribution < -0.4 is 11.1 Å². The minimum atomic E-state index is -0.811. The number of amides is 1. The van der Waals surface area contributed by atoms with Crippen molar-refractivity contribution in [2.75, 3.05) is 19.8 Å². The fourth-order valence-electron chi connectivity index (χ4n) is 1.98. The molecule has 0 radical (unpaired) electrons. The van der Waals surface area contributed by atoms with Gasteiger partial charge in [-0.2, -0.15) is 0 Å². The van der Waals surface area contributed by atoms with Gasteiger partial charge in [0.25, 0.3) is 0 Å². The Morgan fingerprint density at radius 3 is 2.76 bits per heavy atom. The second kappa shape index (κ2) is 8.44. The smallest absolute Gasteiger partial charge is 0.239 e. The quantitative estimate of drug-likeness (QED) is 0.557. The fourth-order valence-corrected chi connectivity index (χ4v) is 1.98. The van der Waals surface area contributed by atoms with Crippen LogP contribution in [0.1, 0.15) is 38.5 Å². The first kappa shape index (κ1) is 14.4. The summed E-state index contributed by atoms with van der Waals surface area (Å²) in [6.45, 7) is 0.920. The number of hydrogen-bond donors (Lipinski definition) is 3. The number of carbonyl (C=O) groups is 1. The first-order valence-electron chi connectivity index (χ1n) is 6.50. The van der Waals surface area contributed by atoms with E-state index in [0.717, 1.165) is 6.42 Å². The van der Waals surface area contributed by atoms with Gasteiger partial charge in [0, 0.05) is 13.2 Å². The van der Waals surface area contributed by atoms with Crippen LogP contribution in [0.4, 0.5) is 0 Å². The van der Waals surface area contributed by atoms with Gasteiger partial charge in [-0.05, 0) is 19.3 Å². The molecule has 0 aromatic carbocycles. The summed E-state index contributed by atoms with van der Waals surface area (Å²) in [6, 6.07) is -0.811. The van der Waals surface area contributed by atoms with Crippen LogP contribution in [-0.2, 0) is 9.53 Å². The average Bonchev–Trinajstić information content (AvgIpc) is 2.38. The van der Waals surface area contributed by atoms with E-state index >= 15 is 0 Å². The van der Waals surface area contributed by atoms with Crippen molar-refractivity contribution >= 4 is 5.91 Å². The van der Waals surface area contributed by atoms with Gasteiger partial charge in [-0.3, -0.25) is 4.79 Å². The Hall–Kier alpha value is -0.650. The lowest BCUT2D eigenvalue weighted by Crippen LogP contribution is -2.43. The van der Waals surface area contributed by atoms with Crippen molar-refractivity contribution in [3.63, 3.8) is 0 Å². The van der Waals surface area contributed by atoms with Crippen molar-refractivity contribution in [2.24, 2.45) is 5.73 Å². The topological polar surface area (TPSA) is 84.6 Å². The molecule has 1 atom stereocenters. The van der Waals surface area contributed by atoms with Crippen molar-refractivity contribution in [1.29, 1.82) is 0 Å². The molecular formula is C12H24N2O3. The van der Waals surface area contributed by atoms with E-state index in [-0.39, 0.29) is 12.5 Å². The van der Waals surface area contributed by atoms with Gasteiger partial charge in [0.1, 0.15) is 6.04 Å². The molecule has 0 aromatic rings. The Bertz CT molecular complexity index is 218. The summed E-state index contributed by atoms with van der Waals surface area (Å²) in [5.74, 6) is -0.301. The molecule has 0 aliphatic heterocycles. The predicted molar refractivity (Wildman–Crippen MR) is 65.5 cm³/mol.